The summed E-state index contributed by atoms with van der Waals surface area (Å²) in [5.41, 5.74) is 0. The van der Waals surface area contributed by atoms with E-state index in [1.807, 2.05) is 25.4 Å². The van der Waals surface area contributed by atoms with Gasteiger partial charge in [0.2, 0.25) is 0 Å². The fraction of sp³-hybridized carbons (Fsp3) is 0.300. The number of furan rings is 1. The first-order valence-electron chi connectivity index (χ1n) is 4.59. The maximum absolute atomic E-state index is 5.44. The van der Waals surface area contributed by atoms with Gasteiger partial charge in [-0.25, -0.2) is 4.98 Å². The Bertz CT molecular complexity index is 452. The SMILES string of the molecule is CNC(C)c1cnc(-c2ccc(Br)o2)s1. The molecule has 2 heterocycles. The lowest BCUT2D eigenvalue weighted by Crippen LogP contribution is -2.10. The van der Waals surface area contributed by atoms with Gasteiger partial charge in [-0.2, -0.15) is 0 Å². The van der Waals surface area contributed by atoms with E-state index in [0.717, 1.165) is 15.4 Å². The highest BCUT2D eigenvalue weighted by molar-refractivity contribution is 9.10. The number of hydrogen-bond donors (Lipinski definition) is 1. The van der Waals surface area contributed by atoms with Gasteiger partial charge in [-0.3, -0.25) is 0 Å². The second-order valence-corrected chi connectivity index (χ2v) is 5.03. The third kappa shape index (κ3) is 2.30. The molecule has 15 heavy (non-hydrogen) atoms. The molecule has 0 aromatic carbocycles. The molecule has 0 saturated carbocycles. The highest BCUT2D eigenvalue weighted by Crippen LogP contribution is 2.30. The molecule has 0 spiro atoms. The molecule has 2 aromatic heterocycles. The van der Waals surface area contributed by atoms with Gasteiger partial charge in [0, 0.05) is 17.1 Å². The molecule has 1 atom stereocenters. The summed E-state index contributed by atoms with van der Waals surface area (Å²) in [6, 6.07) is 4.11. The lowest BCUT2D eigenvalue weighted by molar-refractivity contribution is 0.555. The molecule has 2 aromatic rings. The summed E-state index contributed by atoms with van der Waals surface area (Å²) in [5, 5.41) is 4.10. The zero-order valence-electron chi connectivity index (χ0n) is 8.45. The van der Waals surface area contributed by atoms with Crippen molar-refractivity contribution in [3.05, 3.63) is 27.9 Å². The van der Waals surface area contributed by atoms with Crippen molar-refractivity contribution in [1.82, 2.24) is 10.3 Å². The quantitative estimate of drug-likeness (QED) is 0.939. The fourth-order valence-corrected chi connectivity index (χ4v) is 2.42. The lowest BCUT2D eigenvalue weighted by atomic mass is 10.3. The van der Waals surface area contributed by atoms with Crippen LogP contribution in [0.3, 0.4) is 0 Å². The molecule has 1 unspecified atom stereocenters. The Morgan fingerprint density at radius 2 is 2.33 bits per heavy atom. The highest BCUT2D eigenvalue weighted by atomic mass is 79.9. The maximum atomic E-state index is 5.44. The zero-order chi connectivity index (χ0) is 10.8. The average molecular weight is 287 g/mol. The average Bonchev–Trinajstić information content (AvgIpc) is 2.84. The van der Waals surface area contributed by atoms with E-state index in [9.17, 15) is 0 Å². The van der Waals surface area contributed by atoms with Crippen LogP contribution in [0.25, 0.3) is 10.8 Å². The van der Waals surface area contributed by atoms with Crippen molar-refractivity contribution in [2.45, 2.75) is 13.0 Å². The normalized spacial score (nSPS) is 13.0. The van der Waals surface area contributed by atoms with Gasteiger partial charge in [-0.15, -0.1) is 11.3 Å². The summed E-state index contributed by atoms with van der Waals surface area (Å²) < 4.78 is 6.17. The molecule has 0 bridgehead atoms. The van der Waals surface area contributed by atoms with E-state index in [2.05, 4.69) is 33.2 Å². The van der Waals surface area contributed by atoms with Crippen molar-refractivity contribution in [2.24, 2.45) is 0 Å². The van der Waals surface area contributed by atoms with Gasteiger partial charge >= 0.3 is 0 Å². The van der Waals surface area contributed by atoms with Crippen LogP contribution in [0.4, 0.5) is 0 Å². The van der Waals surface area contributed by atoms with E-state index in [0.29, 0.717) is 6.04 Å². The summed E-state index contributed by atoms with van der Waals surface area (Å²) in [4.78, 5) is 5.54. The first-order valence-corrected chi connectivity index (χ1v) is 6.20. The zero-order valence-corrected chi connectivity index (χ0v) is 10.9. The van der Waals surface area contributed by atoms with E-state index in [4.69, 9.17) is 4.42 Å². The number of nitrogens with one attached hydrogen (secondary N) is 1. The Morgan fingerprint density at radius 3 is 2.93 bits per heavy atom. The first kappa shape index (κ1) is 10.9. The largest absolute Gasteiger partial charge is 0.447 e. The van der Waals surface area contributed by atoms with Crippen molar-refractivity contribution >= 4 is 27.3 Å². The van der Waals surface area contributed by atoms with Crippen LogP contribution in [-0.4, -0.2) is 12.0 Å². The van der Waals surface area contributed by atoms with Crippen molar-refractivity contribution in [3.8, 4) is 10.8 Å². The van der Waals surface area contributed by atoms with Crippen LogP contribution in [0.2, 0.25) is 0 Å². The minimum absolute atomic E-state index is 0.328. The Balaban J connectivity index is 2.27. The monoisotopic (exact) mass is 286 g/mol. The van der Waals surface area contributed by atoms with Gasteiger partial charge < -0.3 is 9.73 Å². The molecular formula is C10H11BrN2OS. The number of halogens is 1. The van der Waals surface area contributed by atoms with Gasteiger partial charge in [0.15, 0.2) is 15.4 Å². The molecule has 3 nitrogen and oxygen atoms in total. The number of rotatable bonds is 3. The second-order valence-electron chi connectivity index (χ2n) is 3.18. The predicted octanol–water partition coefficient (Wildman–Crippen LogP) is 3.45. The Hall–Kier alpha value is -0.650. The van der Waals surface area contributed by atoms with Crippen molar-refractivity contribution in [3.63, 3.8) is 0 Å². The van der Waals surface area contributed by atoms with Crippen LogP contribution in [0.15, 0.2) is 27.4 Å². The van der Waals surface area contributed by atoms with Gasteiger partial charge in [-0.05, 0) is 42.0 Å². The molecule has 80 valence electrons. The predicted molar refractivity (Wildman–Crippen MR) is 65.0 cm³/mol. The third-order valence-corrected chi connectivity index (χ3v) is 3.79. The highest BCUT2D eigenvalue weighted by Gasteiger charge is 2.11. The molecule has 0 amide bonds. The first-order chi connectivity index (χ1) is 7.20. The Labute approximate surface area is 101 Å². The van der Waals surface area contributed by atoms with E-state index < -0.39 is 0 Å². The number of aromatic nitrogens is 1. The van der Waals surface area contributed by atoms with E-state index in [-0.39, 0.29) is 0 Å². The van der Waals surface area contributed by atoms with Gasteiger partial charge in [-0.1, -0.05) is 0 Å². The Kier molecular flexibility index (Phi) is 3.23. The molecule has 0 aliphatic carbocycles. The van der Waals surface area contributed by atoms with Crippen LogP contribution in [-0.2, 0) is 0 Å². The van der Waals surface area contributed by atoms with Crippen LogP contribution < -0.4 is 5.32 Å². The van der Waals surface area contributed by atoms with Gasteiger partial charge in [0.05, 0.1) is 0 Å². The topological polar surface area (TPSA) is 38.1 Å². The standard InChI is InChI=1S/C10H11BrN2OS/c1-6(12-2)8-5-13-10(15-8)7-3-4-9(11)14-7/h3-6,12H,1-2H3. The van der Waals surface area contributed by atoms with Crippen LogP contribution in [0.5, 0.6) is 0 Å². The fourth-order valence-electron chi connectivity index (χ4n) is 1.17. The molecule has 2 rings (SSSR count). The van der Waals surface area contributed by atoms with Crippen molar-refractivity contribution in [1.29, 1.82) is 0 Å². The maximum Gasteiger partial charge on any atom is 0.170 e. The number of nitrogens with zero attached hydrogens (tertiary/aromatic N) is 1. The smallest absolute Gasteiger partial charge is 0.170 e. The van der Waals surface area contributed by atoms with E-state index in [1.165, 1.54) is 4.88 Å². The molecule has 0 fully saturated rings. The van der Waals surface area contributed by atoms with Crippen molar-refractivity contribution < 1.29 is 4.42 Å². The summed E-state index contributed by atoms with van der Waals surface area (Å²) >= 11 is 4.92. The minimum atomic E-state index is 0.328. The summed E-state index contributed by atoms with van der Waals surface area (Å²) in [5.74, 6) is 0.807. The summed E-state index contributed by atoms with van der Waals surface area (Å²) in [7, 11) is 1.94. The molecule has 1 N–H and O–H groups in total. The summed E-state index contributed by atoms with van der Waals surface area (Å²) in [6.07, 6.45) is 1.89. The lowest BCUT2D eigenvalue weighted by Gasteiger charge is -2.04. The number of thiazole rings is 1. The van der Waals surface area contributed by atoms with Crippen LogP contribution >= 0.6 is 27.3 Å². The van der Waals surface area contributed by atoms with Crippen LogP contribution in [0.1, 0.15) is 17.8 Å². The van der Waals surface area contributed by atoms with Gasteiger partial charge in [0.1, 0.15) is 0 Å². The molecule has 0 aliphatic rings. The van der Waals surface area contributed by atoms with E-state index >= 15 is 0 Å². The van der Waals surface area contributed by atoms with Crippen molar-refractivity contribution in [2.75, 3.05) is 7.05 Å². The Morgan fingerprint density at radius 1 is 1.53 bits per heavy atom. The van der Waals surface area contributed by atoms with Gasteiger partial charge in [0.25, 0.3) is 0 Å². The number of hydrogen-bond acceptors (Lipinski definition) is 4. The second kappa shape index (κ2) is 4.47. The molecular weight excluding hydrogens is 276 g/mol. The van der Waals surface area contributed by atoms with Crippen LogP contribution in [0, 0.1) is 0 Å². The minimum Gasteiger partial charge on any atom is -0.447 e. The molecule has 0 aliphatic heterocycles. The molecule has 0 radical (unpaired) electrons. The molecule has 5 heteroatoms. The third-order valence-electron chi connectivity index (χ3n) is 2.17. The van der Waals surface area contributed by atoms with E-state index in [1.54, 1.807) is 11.3 Å². The molecule has 0 saturated heterocycles. The summed E-state index contributed by atoms with van der Waals surface area (Å²) in [6.45, 7) is 2.11.